The summed E-state index contributed by atoms with van der Waals surface area (Å²) in [5.74, 6) is 0. The van der Waals surface area contributed by atoms with Crippen molar-refractivity contribution in [3.8, 4) is 0 Å². The number of nitrogens with one attached hydrogen (secondary N) is 1. The zero-order valence-electron chi connectivity index (χ0n) is 10.7. The molecule has 5 nitrogen and oxygen atoms in total. The van der Waals surface area contributed by atoms with Crippen molar-refractivity contribution in [2.75, 3.05) is 6.54 Å². The number of hydrogen-bond acceptors (Lipinski definition) is 5. The Bertz CT molecular complexity index is 672. The van der Waals surface area contributed by atoms with Gasteiger partial charge in [-0.25, -0.2) is 9.67 Å². The van der Waals surface area contributed by atoms with Crippen LogP contribution in [-0.2, 0) is 13.1 Å². The average molecular weight is 273 g/mol. The minimum absolute atomic E-state index is 0.670. The maximum atomic E-state index is 4.60. The van der Waals surface area contributed by atoms with Crippen LogP contribution in [0.3, 0.4) is 0 Å². The molecule has 0 saturated heterocycles. The van der Waals surface area contributed by atoms with Crippen molar-refractivity contribution in [2.24, 2.45) is 0 Å². The van der Waals surface area contributed by atoms with E-state index in [-0.39, 0.29) is 0 Å². The Hall–Kier alpha value is -1.79. The van der Waals surface area contributed by atoms with E-state index >= 15 is 0 Å². The zero-order chi connectivity index (χ0) is 13.1. The number of nitrogens with zero attached hydrogens (tertiary/aromatic N) is 4. The van der Waals surface area contributed by atoms with Gasteiger partial charge in [0.2, 0.25) is 0 Å². The predicted octanol–water partition coefficient (Wildman–Crippen LogP) is 2.05. The fraction of sp³-hybridized carbons (Fsp3) is 0.308. The molecular weight excluding hydrogens is 258 g/mol. The van der Waals surface area contributed by atoms with Crippen molar-refractivity contribution in [2.45, 2.75) is 20.0 Å². The van der Waals surface area contributed by atoms with E-state index in [0.717, 1.165) is 34.8 Å². The van der Waals surface area contributed by atoms with Gasteiger partial charge in [-0.2, -0.15) is 0 Å². The molecule has 98 valence electrons. The third kappa shape index (κ3) is 2.64. The summed E-state index contributed by atoms with van der Waals surface area (Å²) in [4.78, 5) is 4.60. The molecule has 1 aromatic carbocycles. The van der Waals surface area contributed by atoms with Crippen LogP contribution in [0.4, 0.5) is 0 Å². The quantitative estimate of drug-likeness (QED) is 0.773. The maximum absolute atomic E-state index is 4.60. The summed E-state index contributed by atoms with van der Waals surface area (Å²) in [5.41, 5.74) is 3.00. The topological polar surface area (TPSA) is 55.6 Å². The molecule has 0 spiro atoms. The third-order valence-corrected chi connectivity index (χ3v) is 3.76. The summed E-state index contributed by atoms with van der Waals surface area (Å²) in [7, 11) is 0. The number of benzene rings is 1. The van der Waals surface area contributed by atoms with Crippen LogP contribution in [0, 0.1) is 0 Å². The second kappa shape index (κ2) is 5.46. The molecule has 0 radical (unpaired) electrons. The first-order chi connectivity index (χ1) is 9.36. The Labute approximate surface area is 115 Å². The van der Waals surface area contributed by atoms with Crippen molar-refractivity contribution >= 4 is 22.4 Å². The molecule has 0 aliphatic rings. The lowest BCUT2D eigenvalue weighted by molar-refractivity contribution is 0.655. The van der Waals surface area contributed by atoms with Gasteiger partial charge in [-0.15, -0.1) is 16.4 Å². The molecule has 0 aliphatic carbocycles. The van der Waals surface area contributed by atoms with Crippen LogP contribution in [0.1, 0.15) is 17.6 Å². The molecule has 3 rings (SSSR count). The SMILES string of the molecule is CCNCc1nc(Cn2nnc3ccccc32)cs1. The minimum atomic E-state index is 0.670. The number of aromatic nitrogens is 4. The van der Waals surface area contributed by atoms with Crippen LogP contribution in [0.25, 0.3) is 11.0 Å². The van der Waals surface area contributed by atoms with E-state index in [2.05, 4.69) is 32.9 Å². The van der Waals surface area contributed by atoms with Gasteiger partial charge in [-0.1, -0.05) is 24.3 Å². The normalized spacial score (nSPS) is 11.2. The van der Waals surface area contributed by atoms with Crippen molar-refractivity contribution in [3.05, 3.63) is 40.3 Å². The van der Waals surface area contributed by atoms with Crippen molar-refractivity contribution in [1.29, 1.82) is 0 Å². The second-order valence-electron chi connectivity index (χ2n) is 4.25. The summed E-state index contributed by atoms with van der Waals surface area (Å²) in [6.45, 7) is 4.56. The van der Waals surface area contributed by atoms with E-state index in [4.69, 9.17) is 0 Å². The first-order valence-corrected chi connectivity index (χ1v) is 7.17. The Kier molecular flexibility index (Phi) is 3.52. The number of para-hydroxylation sites is 1. The predicted molar refractivity (Wildman–Crippen MR) is 76.1 cm³/mol. The zero-order valence-corrected chi connectivity index (χ0v) is 11.5. The molecule has 0 amide bonds. The first kappa shape index (κ1) is 12.3. The number of rotatable bonds is 5. The molecule has 0 aliphatic heterocycles. The fourth-order valence-corrected chi connectivity index (χ4v) is 2.68. The summed E-state index contributed by atoms with van der Waals surface area (Å²) >= 11 is 1.68. The van der Waals surface area contributed by atoms with Gasteiger partial charge in [0, 0.05) is 11.9 Å². The Morgan fingerprint density at radius 1 is 1.32 bits per heavy atom. The third-order valence-electron chi connectivity index (χ3n) is 2.86. The van der Waals surface area contributed by atoms with Crippen molar-refractivity contribution in [1.82, 2.24) is 25.3 Å². The molecule has 0 unspecified atom stereocenters. The summed E-state index contributed by atoms with van der Waals surface area (Å²) < 4.78 is 1.89. The van der Waals surface area contributed by atoms with Crippen LogP contribution in [0.5, 0.6) is 0 Å². The highest BCUT2D eigenvalue weighted by Crippen LogP contribution is 2.14. The maximum Gasteiger partial charge on any atom is 0.113 e. The van der Waals surface area contributed by atoms with Gasteiger partial charge in [0.15, 0.2) is 0 Å². The number of thiazole rings is 1. The molecule has 6 heteroatoms. The highest BCUT2D eigenvalue weighted by Gasteiger charge is 2.07. The van der Waals surface area contributed by atoms with Gasteiger partial charge >= 0.3 is 0 Å². The number of hydrogen-bond donors (Lipinski definition) is 1. The summed E-state index contributed by atoms with van der Waals surface area (Å²) in [6, 6.07) is 7.97. The lowest BCUT2D eigenvalue weighted by Crippen LogP contribution is -2.11. The fourth-order valence-electron chi connectivity index (χ4n) is 1.92. The van der Waals surface area contributed by atoms with E-state index < -0.39 is 0 Å². The van der Waals surface area contributed by atoms with Gasteiger partial charge in [0.05, 0.1) is 17.8 Å². The Morgan fingerprint density at radius 2 is 2.21 bits per heavy atom. The monoisotopic (exact) mass is 273 g/mol. The van der Waals surface area contributed by atoms with Gasteiger partial charge in [0.1, 0.15) is 10.5 Å². The Morgan fingerprint density at radius 3 is 3.11 bits per heavy atom. The van der Waals surface area contributed by atoms with Crippen LogP contribution in [-0.4, -0.2) is 26.5 Å². The van der Waals surface area contributed by atoms with E-state index in [1.165, 1.54) is 0 Å². The molecular formula is C13H15N5S. The van der Waals surface area contributed by atoms with Crippen LogP contribution >= 0.6 is 11.3 Å². The van der Waals surface area contributed by atoms with E-state index in [9.17, 15) is 0 Å². The van der Waals surface area contributed by atoms with E-state index in [1.54, 1.807) is 11.3 Å². The van der Waals surface area contributed by atoms with Crippen LogP contribution in [0.15, 0.2) is 29.6 Å². The highest BCUT2D eigenvalue weighted by atomic mass is 32.1. The summed E-state index contributed by atoms with van der Waals surface area (Å²) in [5, 5.41) is 14.8. The molecule has 2 aromatic heterocycles. The van der Waals surface area contributed by atoms with Gasteiger partial charge in [-0.05, 0) is 18.7 Å². The molecule has 0 fully saturated rings. The van der Waals surface area contributed by atoms with Crippen molar-refractivity contribution in [3.63, 3.8) is 0 Å². The smallest absolute Gasteiger partial charge is 0.113 e. The first-order valence-electron chi connectivity index (χ1n) is 6.29. The van der Waals surface area contributed by atoms with E-state index in [1.807, 2.05) is 28.9 Å². The molecule has 0 saturated carbocycles. The lowest BCUT2D eigenvalue weighted by Gasteiger charge is -1.99. The molecule has 2 heterocycles. The molecule has 3 aromatic rings. The largest absolute Gasteiger partial charge is 0.311 e. The van der Waals surface area contributed by atoms with Crippen molar-refractivity contribution < 1.29 is 0 Å². The number of fused-ring (bicyclic) bond motifs is 1. The summed E-state index contributed by atoms with van der Waals surface area (Å²) in [6.07, 6.45) is 0. The molecule has 19 heavy (non-hydrogen) atoms. The average Bonchev–Trinajstić information content (AvgIpc) is 3.05. The van der Waals surface area contributed by atoms with Crippen LogP contribution < -0.4 is 5.32 Å². The van der Waals surface area contributed by atoms with Gasteiger partial charge < -0.3 is 5.32 Å². The molecule has 0 atom stereocenters. The Balaban J connectivity index is 1.79. The second-order valence-corrected chi connectivity index (χ2v) is 5.19. The van der Waals surface area contributed by atoms with E-state index in [0.29, 0.717) is 6.54 Å². The van der Waals surface area contributed by atoms with Gasteiger partial charge in [-0.3, -0.25) is 0 Å². The lowest BCUT2D eigenvalue weighted by atomic mass is 10.3. The standard InChI is InChI=1S/C13H15N5S/c1-2-14-7-13-15-10(9-19-13)8-18-12-6-4-3-5-11(12)16-17-18/h3-6,9,14H,2,7-8H2,1H3. The molecule has 0 bridgehead atoms. The van der Waals surface area contributed by atoms with Gasteiger partial charge in [0.25, 0.3) is 0 Å². The molecule has 1 N–H and O–H groups in total. The van der Waals surface area contributed by atoms with Crippen LogP contribution in [0.2, 0.25) is 0 Å². The minimum Gasteiger partial charge on any atom is -0.311 e. The highest BCUT2D eigenvalue weighted by molar-refractivity contribution is 7.09.